The predicted molar refractivity (Wildman–Crippen MR) is 121 cm³/mol. The molecular weight excluding hydrogens is 392 g/mol. The molecule has 0 fully saturated rings. The van der Waals surface area contributed by atoms with E-state index in [0.717, 1.165) is 11.1 Å². The van der Waals surface area contributed by atoms with E-state index in [2.05, 4.69) is 0 Å². The van der Waals surface area contributed by atoms with Gasteiger partial charge in [0.2, 0.25) is 0 Å². The quantitative estimate of drug-likeness (QED) is 0.556. The average molecular weight is 414 g/mol. The van der Waals surface area contributed by atoms with E-state index in [-0.39, 0.29) is 5.91 Å². The van der Waals surface area contributed by atoms with Gasteiger partial charge in [-0.05, 0) is 60.2 Å². The first kappa shape index (κ1) is 20.2. The lowest BCUT2D eigenvalue weighted by Crippen LogP contribution is -2.32. The summed E-state index contributed by atoms with van der Waals surface area (Å²) in [4.78, 5) is 19.7. The van der Waals surface area contributed by atoms with Crippen molar-refractivity contribution in [1.29, 1.82) is 0 Å². The van der Waals surface area contributed by atoms with Crippen LogP contribution < -0.4 is 19.1 Å². The highest BCUT2D eigenvalue weighted by Crippen LogP contribution is 2.32. The Bertz CT molecular complexity index is 1170. The smallest absolute Gasteiger partial charge is 0.282 e. The van der Waals surface area contributed by atoms with E-state index in [0.29, 0.717) is 34.5 Å². The Morgan fingerprint density at radius 1 is 0.806 bits per heavy atom. The second kappa shape index (κ2) is 8.75. The zero-order valence-corrected chi connectivity index (χ0v) is 17.5. The Kier molecular flexibility index (Phi) is 5.71. The Morgan fingerprint density at radius 3 is 2.26 bits per heavy atom. The van der Waals surface area contributed by atoms with Crippen molar-refractivity contribution >= 4 is 23.5 Å². The molecule has 3 aromatic rings. The number of amides is 1. The minimum atomic E-state index is -0.228. The summed E-state index contributed by atoms with van der Waals surface area (Å²) in [5.41, 5.74) is 2.56. The summed E-state index contributed by atoms with van der Waals surface area (Å²) in [5.74, 6) is 2.32. The SMILES string of the molecule is COc1ccc(N2C(=O)/C(=C\c3cccc(OC)c3)N=C2c2ccccc2OC)cc1. The molecule has 6 heteroatoms. The fraction of sp³-hybridized carbons (Fsp3) is 0.120. The number of hydrogen-bond donors (Lipinski definition) is 0. The number of carbonyl (C=O) groups excluding carboxylic acids is 1. The third kappa shape index (κ3) is 4.00. The second-order valence-electron chi connectivity index (χ2n) is 6.78. The molecule has 4 rings (SSSR count). The van der Waals surface area contributed by atoms with Crippen LogP contribution in [0.15, 0.2) is 83.5 Å². The van der Waals surface area contributed by atoms with Gasteiger partial charge in [0, 0.05) is 0 Å². The molecule has 0 saturated carbocycles. The fourth-order valence-electron chi connectivity index (χ4n) is 3.39. The molecule has 0 radical (unpaired) electrons. The van der Waals surface area contributed by atoms with E-state index in [9.17, 15) is 4.79 Å². The lowest BCUT2D eigenvalue weighted by Gasteiger charge is -2.20. The van der Waals surface area contributed by atoms with Crippen molar-refractivity contribution in [3.05, 3.63) is 89.6 Å². The lowest BCUT2D eigenvalue weighted by molar-refractivity contribution is -0.113. The average Bonchev–Trinajstić information content (AvgIpc) is 3.14. The Morgan fingerprint density at radius 2 is 1.55 bits per heavy atom. The van der Waals surface area contributed by atoms with Gasteiger partial charge in [-0.25, -0.2) is 4.99 Å². The summed E-state index contributed by atoms with van der Waals surface area (Å²) in [5, 5.41) is 0. The van der Waals surface area contributed by atoms with Gasteiger partial charge in [0.1, 0.15) is 22.9 Å². The summed E-state index contributed by atoms with van der Waals surface area (Å²) in [6, 6.07) is 22.3. The Balaban J connectivity index is 1.83. The van der Waals surface area contributed by atoms with Gasteiger partial charge in [-0.2, -0.15) is 0 Å². The molecule has 0 saturated heterocycles. The number of ether oxygens (including phenoxy) is 3. The number of anilines is 1. The lowest BCUT2D eigenvalue weighted by atomic mass is 10.1. The Labute approximate surface area is 181 Å². The van der Waals surface area contributed by atoms with Gasteiger partial charge in [0.05, 0.1) is 32.6 Å². The van der Waals surface area contributed by atoms with Gasteiger partial charge in [-0.1, -0.05) is 24.3 Å². The molecule has 3 aromatic carbocycles. The van der Waals surface area contributed by atoms with Gasteiger partial charge in [-0.3, -0.25) is 9.69 Å². The highest BCUT2D eigenvalue weighted by atomic mass is 16.5. The number of para-hydroxylation sites is 1. The summed E-state index contributed by atoms with van der Waals surface area (Å²) >= 11 is 0. The first-order valence-corrected chi connectivity index (χ1v) is 9.71. The topological polar surface area (TPSA) is 60.4 Å². The number of methoxy groups -OCH3 is 3. The van der Waals surface area contributed by atoms with Crippen LogP contribution in [0.4, 0.5) is 5.69 Å². The van der Waals surface area contributed by atoms with Crippen LogP contribution in [-0.2, 0) is 4.79 Å². The van der Waals surface area contributed by atoms with Crippen LogP contribution in [0.5, 0.6) is 17.2 Å². The Hall–Kier alpha value is -4.06. The minimum Gasteiger partial charge on any atom is -0.497 e. The van der Waals surface area contributed by atoms with Crippen molar-refractivity contribution in [2.75, 3.05) is 26.2 Å². The molecule has 0 aromatic heterocycles. The zero-order chi connectivity index (χ0) is 21.8. The second-order valence-corrected chi connectivity index (χ2v) is 6.78. The molecule has 156 valence electrons. The van der Waals surface area contributed by atoms with Crippen molar-refractivity contribution in [1.82, 2.24) is 0 Å². The van der Waals surface area contributed by atoms with Crippen LogP contribution in [-0.4, -0.2) is 33.1 Å². The molecule has 0 N–H and O–H groups in total. The molecule has 31 heavy (non-hydrogen) atoms. The molecule has 0 spiro atoms. The predicted octanol–water partition coefficient (Wildman–Crippen LogP) is 4.55. The molecule has 0 unspecified atom stereocenters. The minimum absolute atomic E-state index is 0.228. The maximum absolute atomic E-state index is 13.4. The number of nitrogens with zero attached hydrogens (tertiary/aromatic N) is 2. The number of benzene rings is 3. The first-order valence-electron chi connectivity index (χ1n) is 9.71. The molecule has 6 nitrogen and oxygen atoms in total. The van der Waals surface area contributed by atoms with Crippen molar-refractivity contribution in [3.8, 4) is 17.2 Å². The molecule has 1 amide bonds. The van der Waals surface area contributed by atoms with Gasteiger partial charge in [0.15, 0.2) is 5.84 Å². The highest BCUT2D eigenvalue weighted by molar-refractivity contribution is 6.33. The molecule has 0 aliphatic carbocycles. The van der Waals surface area contributed by atoms with Gasteiger partial charge in [0.25, 0.3) is 5.91 Å². The third-order valence-corrected chi connectivity index (χ3v) is 4.94. The van der Waals surface area contributed by atoms with Crippen LogP contribution in [0.25, 0.3) is 6.08 Å². The highest BCUT2D eigenvalue weighted by Gasteiger charge is 2.33. The van der Waals surface area contributed by atoms with Crippen LogP contribution in [0.1, 0.15) is 11.1 Å². The van der Waals surface area contributed by atoms with Crippen LogP contribution in [0.3, 0.4) is 0 Å². The monoisotopic (exact) mass is 414 g/mol. The normalized spacial score (nSPS) is 14.5. The van der Waals surface area contributed by atoms with Gasteiger partial charge < -0.3 is 14.2 Å². The van der Waals surface area contributed by atoms with E-state index in [1.54, 1.807) is 32.3 Å². The van der Waals surface area contributed by atoms with E-state index in [1.807, 2.05) is 72.8 Å². The van der Waals surface area contributed by atoms with Gasteiger partial charge in [-0.15, -0.1) is 0 Å². The molecular formula is C25H22N2O4. The number of rotatable bonds is 6. The molecule has 0 bridgehead atoms. The maximum Gasteiger partial charge on any atom is 0.282 e. The van der Waals surface area contributed by atoms with Crippen molar-refractivity contribution < 1.29 is 19.0 Å². The number of carbonyl (C=O) groups is 1. The molecule has 1 heterocycles. The summed E-state index contributed by atoms with van der Waals surface area (Å²) < 4.78 is 16.1. The molecule has 0 atom stereocenters. The van der Waals surface area contributed by atoms with Crippen molar-refractivity contribution in [2.45, 2.75) is 0 Å². The summed E-state index contributed by atoms with van der Waals surface area (Å²) in [6.45, 7) is 0. The standard InChI is InChI=1S/C25H22N2O4/c1-29-19-13-11-18(12-14-19)27-24(21-9-4-5-10-23(21)31-3)26-22(25(27)28)16-17-7-6-8-20(15-17)30-2/h4-16H,1-3H3/b22-16+. The first-order chi connectivity index (χ1) is 15.1. The largest absolute Gasteiger partial charge is 0.497 e. The number of aliphatic imine (C=N–C) groups is 1. The summed E-state index contributed by atoms with van der Waals surface area (Å²) in [7, 11) is 4.81. The third-order valence-electron chi connectivity index (χ3n) is 4.94. The van der Waals surface area contributed by atoms with Crippen molar-refractivity contribution in [2.24, 2.45) is 4.99 Å². The summed E-state index contributed by atoms with van der Waals surface area (Å²) in [6.07, 6.45) is 1.75. The van der Waals surface area contributed by atoms with E-state index in [1.165, 1.54) is 0 Å². The van der Waals surface area contributed by atoms with Crippen LogP contribution >= 0.6 is 0 Å². The zero-order valence-electron chi connectivity index (χ0n) is 17.5. The van der Waals surface area contributed by atoms with E-state index >= 15 is 0 Å². The van der Waals surface area contributed by atoms with Crippen LogP contribution in [0, 0.1) is 0 Å². The fourth-order valence-corrected chi connectivity index (χ4v) is 3.39. The number of amidine groups is 1. The van der Waals surface area contributed by atoms with E-state index < -0.39 is 0 Å². The molecule has 1 aliphatic rings. The van der Waals surface area contributed by atoms with Crippen molar-refractivity contribution in [3.63, 3.8) is 0 Å². The van der Waals surface area contributed by atoms with Gasteiger partial charge >= 0.3 is 0 Å². The van der Waals surface area contributed by atoms with E-state index in [4.69, 9.17) is 19.2 Å². The van der Waals surface area contributed by atoms with Crippen LogP contribution in [0.2, 0.25) is 0 Å². The number of hydrogen-bond acceptors (Lipinski definition) is 5. The molecule has 1 aliphatic heterocycles. The maximum atomic E-state index is 13.4.